The molecule has 3 N–H and O–H groups in total. The largest absolute Gasteiger partial charge is 0.507 e. The quantitative estimate of drug-likeness (QED) is 0.726. The molecule has 1 aromatic carbocycles. The van der Waals surface area contributed by atoms with Crippen LogP contribution in [0, 0.1) is 5.92 Å². The van der Waals surface area contributed by atoms with E-state index in [2.05, 4.69) is 0 Å². The van der Waals surface area contributed by atoms with Gasteiger partial charge in [0.25, 0.3) is 0 Å². The Balaban J connectivity index is 2.37. The zero-order valence-electron chi connectivity index (χ0n) is 11.0. The molecule has 1 aromatic heterocycles. The van der Waals surface area contributed by atoms with Crippen molar-refractivity contribution >= 4 is 11.0 Å². The lowest BCUT2D eigenvalue weighted by Gasteiger charge is -2.32. The van der Waals surface area contributed by atoms with E-state index in [-0.39, 0.29) is 34.7 Å². The number of aromatic hydroxyl groups is 1. The van der Waals surface area contributed by atoms with Gasteiger partial charge >= 0.3 is 0 Å². The summed E-state index contributed by atoms with van der Waals surface area (Å²) in [5.74, 6) is -0.430. The monoisotopic (exact) mass is 276 g/mol. The van der Waals surface area contributed by atoms with Crippen molar-refractivity contribution in [1.29, 1.82) is 0 Å². The molecule has 3 atom stereocenters. The van der Waals surface area contributed by atoms with Crippen molar-refractivity contribution in [2.45, 2.75) is 25.4 Å². The summed E-state index contributed by atoms with van der Waals surface area (Å²) in [7, 11) is 0. The Morgan fingerprint density at radius 1 is 1.40 bits per heavy atom. The highest BCUT2D eigenvalue weighted by atomic mass is 16.3. The van der Waals surface area contributed by atoms with Crippen LogP contribution in [-0.2, 0) is 6.42 Å². The van der Waals surface area contributed by atoms with Crippen LogP contribution in [-0.4, -0.2) is 28.0 Å². The van der Waals surface area contributed by atoms with Crippen molar-refractivity contribution in [2.75, 3.05) is 6.61 Å². The molecule has 1 aliphatic carbocycles. The minimum Gasteiger partial charge on any atom is -0.507 e. The van der Waals surface area contributed by atoms with Crippen LogP contribution in [0.15, 0.2) is 27.4 Å². The van der Waals surface area contributed by atoms with Crippen LogP contribution in [0.3, 0.4) is 0 Å². The van der Waals surface area contributed by atoms with Crippen molar-refractivity contribution in [3.8, 4) is 5.75 Å². The maximum atomic E-state index is 12.6. The predicted octanol–water partition coefficient (Wildman–Crippen LogP) is 1.13. The van der Waals surface area contributed by atoms with E-state index in [1.54, 1.807) is 12.1 Å². The summed E-state index contributed by atoms with van der Waals surface area (Å²) in [5.41, 5.74) is 0.241. The second-order valence-corrected chi connectivity index (χ2v) is 5.38. The zero-order chi connectivity index (χ0) is 14.4. The van der Waals surface area contributed by atoms with Crippen molar-refractivity contribution in [3.05, 3.63) is 39.7 Å². The van der Waals surface area contributed by atoms with E-state index in [1.807, 2.05) is 6.92 Å². The number of benzene rings is 1. The zero-order valence-corrected chi connectivity index (χ0v) is 11.0. The van der Waals surface area contributed by atoms with E-state index >= 15 is 0 Å². The van der Waals surface area contributed by atoms with Crippen LogP contribution in [0.25, 0.3) is 11.0 Å². The van der Waals surface area contributed by atoms with Gasteiger partial charge in [-0.25, -0.2) is 0 Å². The highest BCUT2D eigenvalue weighted by Crippen LogP contribution is 2.35. The van der Waals surface area contributed by atoms with E-state index in [1.165, 1.54) is 6.07 Å². The molecule has 0 unspecified atom stereocenters. The van der Waals surface area contributed by atoms with Crippen LogP contribution in [0.5, 0.6) is 5.75 Å². The molecule has 5 nitrogen and oxygen atoms in total. The van der Waals surface area contributed by atoms with Gasteiger partial charge in [-0.3, -0.25) is 4.79 Å². The van der Waals surface area contributed by atoms with Crippen molar-refractivity contribution in [3.63, 3.8) is 0 Å². The maximum absolute atomic E-state index is 12.6. The third-order valence-corrected chi connectivity index (χ3v) is 4.08. The summed E-state index contributed by atoms with van der Waals surface area (Å²) < 4.78 is 5.71. The average molecular weight is 276 g/mol. The Morgan fingerprint density at radius 2 is 2.15 bits per heavy atom. The molecule has 0 radical (unpaired) electrons. The first kappa shape index (κ1) is 13.1. The fraction of sp³-hybridized carbons (Fsp3) is 0.400. The Morgan fingerprint density at radius 3 is 2.85 bits per heavy atom. The molecule has 0 saturated carbocycles. The minimum atomic E-state index is -0.793. The molecule has 20 heavy (non-hydrogen) atoms. The summed E-state index contributed by atoms with van der Waals surface area (Å²) in [6, 6.07) is 4.65. The van der Waals surface area contributed by atoms with Crippen molar-refractivity contribution in [2.24, 2.45) is 5.92 Å². The minimum absolute atomic E-state index is 0.0995. The average Bonchev–Trinajstić information content (AvgIpc) is 2.41. The van der Waals surface area contributed by atoms with Gasteiger partial charge < -0.3 is 19.7 Å². The Kier molecular flexibility index (Phi) is 3.03. The lowest BCUT2D eigenvalue weighted by atomic mass is 9.78. The molecule has 106 valence electrons. The summed E-state index contributed by atoms with van der Waals surface area (Å²) >= 11 is 0. The number of hydrogen-bond donors (Lipinski definition) is 3. The summed E-state index contributed by atoms with van der Waals surface area (Å²) in [5, 5.41) is 29.6. The number of phenolic OH excluding ortho intramolecular Hbond substituents is 1. The van der Waals surface area contributed by atoms with E-state index in [4.69, 9.17) is 4.42 Å². The number of fused-ring (bicyclic) bond motifs is 2. The maximum Gasteiger partial charge on any atom is 0.200 e. The van der Waals surface area contributed by atoms with Crippen LogP contribution in [0.2, 0.25) is 0 Å². The summed E-state index contributed by atoms with van der Waals surface area (Å²) in [6.45, 7) is 1.52. The molecular weight excluding hydrogens is 260 g/mol. The predicted molar refractivity (Wildman–Crippen MR) is 72.9 cm³/mol. The van der Waals surface area contributed by atoms with Crippen LogP contribution in [0.4, 0.5) is 0 Å². The highest BCUT2D eigenvalue weighted by molar-refractivity contribution is 5.83. The molecule has 0 spiro atoms. The molecule has 0 saturated heterocycles. The first-order valence-electron chi connectivity index (χ1n) is 6.61. The Labute approximate surface area is 115 Å². The Bertz CT molecular complexity index is 718. The first-order chi connectivity index (χ1) is 9.54. The molecule has 1 heterocycles. The smallest absolute Gasteiger partial charge is 0.200 e. The molecular formula is C15H16O5. The molecule has 0 bridgehead atoms. The van der Waals surface area contributed by atoms with E-state index in [0.717, 1.165) is 0 Å². The SMILES string of the molecule is C[C@@H]1Cc2oc3cccc(O)c3c(=O)c2[C@@H](CO)[C@H]1O. The van der Waals surface area contributed by atoms with Gasteiger partial charge in [-0.2, -0.15) is 0 Å². The molecule has 1 aliphatic rings. The normalized spacial score (nSPS) is 25.6. The lowest BCUT2D eigenvalue weighted by Crippen LogP contribution is -2.38. The fourth-order valence-corrected chi connectivity index (χ4v) is 2.99. The van der Waals surface area contributed by atoms with Gasteiger partial charge in [-0.1, -0.05) is 13.0 Å². The van der Waals surface area contributed by atoms with Crippen LogP contribution < -0.4 is 5.43 Å². The van der Waals surface area contributed by atoms with Gasteiger partial charge in [0.15, 0.2) is 5.43 Å². The summed E-state index contributed by atoms with van der Waals surface area (Å²) in [4.78, 5) is 12.6. The van der Waals surface area contributed by atoms with E-state index in [9.17, 15) is 20.1 Å². The highest BCUT2D eigenvalue weighted by Gasteiger charge is 2.37. The first-order valence-corrected chi connectivity index (χ1v) is 6.61. The van der Waals surface area contributed by atoms with Crippen LogP contribution >= 0.6 is 0 Å². The molecule has 0 fully saturated rings. The third kappa shape index (κ3) is 1.74. The second kappa shape index (κ2) is 4.61. The molecule has 2 aromatic rings. The standard InChI is InChI=1S/C15H16O5/c1-7-5-11-12(8(6-16)14(7)18)15(19)13-9(17)3-2-4-10(13)20-11/h2-4,7-8,14,16-18H,5-6H2,1H3/t7-,8-,14+/m1/s1. The third-order valence-electron chi connectivity index (χ3n) is 4.08. The molecule has 3 rings (SSSR count). The summed E-state index contributed by atoms with van der Waals surface area (Å²) in [6.07, 6.45) is -0.355. The van der Waals surface area contributed by atoms with Gasteiger partial charge in [0.05, 0.1) is 12.7 Å². The number of aliphatic hydroxyl groups excluding tert-OH is 2. The van der Waals surface area contributed by atoms with E-state index < -0.39 is 12.0 Å². The molecule has 5 heteroatoms. The van der Waals surface area contributed by atoms with Crippen molar-refractivity contribution in [1.82, 2.24) is 0 Å². The molecule has 0 aliphatic heterocycles. The van der Waals surface area contributed by atoms with Gasteiger partial charge in [-0.05, 0) is 18.1 Å². The number of phenols is 1. The Hall–Kier alpha value is -1.85. The number of aliphatic hydroxyl groups is 2. The number of hydrogen-bond acceptors (Lipinski definition) is 5. The van der Waals surface area contributed by atoms with Crippen LogP contribution in [0.1, 0.15) is 24.2 Å². The second-order valence-electron chi connectivity index (χ2n) is 5.38. The van der Waals surface area contributed by atoms with Gasteiger partial charge in [-0.15, -0.1) is 0 Å². The van der Waals surface area contributed by atoms with Crippen molar-refractivity contribution < 1.29 is 19.7 Å². The van der Waals surface area contributed by atoms with E-state index in [0.29, 0.717) is 17.8 Å². The topological polar surface area (TPSA) is 90.9 Å². The van der Waals surface area contributed by atoms with Gasteiger partial charge in [0.1, 0.15) is 22.5 Å². The van der Waals surface area contributed by atoms with Gasteiger partial charge in [0.2, 0.25) is 0 Å². The van der Waals surface area contributed by atoms with Gasteiger partial charge in [0, 0.05) is 17.9 Å². The fourth-order valence-electron chi connectivity index (χ4n) is 2.99. The number of rotatable bonds is 1. The molecule has 0 amide bonds. The lowest BCUT2D eigenvalue weighted by molar-refractivity contribution is 0.0490.